The molecule has 3 atom stereocenters. The summed E-state index contributed by atoms with van der Waals surface area (Å²) in [6, 6.07) is 6.98. The van der Waals surface area contributed by atoms with Crippen LogP contribution in [0, 0.1) is 5.92 Å². The third-order valence-corrected chi connectivity index (χ3v) is 5.33. The second-order valence-corrected chi connectivity index (χ2v) is 7.08. The van der Waals surface area contributed by atoms with Crippen LogP contribution in [0.15, 0.2) is 18.2 Å². The number of fused-ring (bicyclic) bond motifs is 2. The SMILES string of the molecule is COc1ccc(C(C)NC(=O)CC2CC3CCC(C2)N3)cc1OC.Cl. The molecule has 1 aromatic rings. The van der Waals surface area contributed by atoms with E-state index in [0.717, 1.165) is 18.4 Å². The van der Waals surface area contributed by atoms with E-state index in [4.69, 9.17) is 9.47 Å². The molecule has 0 aliphatic carbocycles. The van der Waals surface area contributed by atoms with Crippen molar-refractivity contribution in [2.24, 2.45) is 5.92 Å². The molecule has 3 unspecified atom stereocenters. The Morgan fingerprint density at radius 3 is 2.44 bits per heavy atom. The van der Waals surface area contributed by atoms with Gasteiger partial charge < -0.3 is 20.1 Å². The largest absolute Gasteiger partial charge is 0.493 e. The van der Waals surface area contributed by atoms with Crippen molar-refractivity contribution in [1.82, 2.24) is 10.6 Å². The van der Waals surface area contributed by atoms with E-state index in [2.05, 4.69) is 10.6 Å². The van der Waals surface area contributed by atoms with E-state index in [1.165, 1.54) is 12.8 Å². The van der Waals surface area contributed by atoms with Gasteiger partial charge in [0, 0.05) is 18.5 Å². The Morgan fingerprint density at radius 1 is 1.20 bits per heavy atom. The minimum atomic E-state index is -0.0456. The normalized spacial score (nSPS) is 25.6. The van der Waals surface area contributed by atoms with E-state index in [0.29, 0.717) is 35.9 Å². The Kier molecular flexibility index (Phi) is 6.96. The zero-order valence-corrected chi connectivity index (χ0v) is 16.0. The van der Waals surface area contributed by atoms with Crippen LogP contribution in [0.3, 0.4) is 0 Å². The first-order valence-corrected chi connectivity index (χ1v) is 8.86. The fourth-order valence-electron chi connectivity index (χ4n) is 4.11. The third-order valence-electron chi connectivity index (χ3n) is 5.33. The van der Waals surface area contributed by atoms with Crippen LogP contribution in [0.1, 0.15) is 50.6 Å². The molecule has 6 heteroatoms. The van der Waals surface area contributed by atoms with Crippen LogP contribution in [0.5, 0.6) is 11.5 Å². The number of carbonyl (C=O) groups excluding carboxylic acids is 1. The fourth-order valence-corrected chi connectivity index (χ4v) is 4.11. The first-order chi connectivity index (χ1) is 11.6. The predicted molar refractivity (Wildman–Crippen MR) is 101 cm³/mol. The maximum atomic E-state index is 12.4. The molecule has 0 aromatic heterocycles. The number of rotatable bonds is 6. The van der Waals surface area contributed by atoms with Gasteiger partial charge in [-0.25, -0.2) is 0 Å². The van der Waals surface area contributed by atoms with Crippen molar-refractivity contribution in [2.45, 2.75) is 57.2 Å². The number of nitrogens with one attached hydrogen (secondary N) is 2. The third kappa shape index (κ3) is 4.79. The summed E-state index contributed by atoms with van der Waals surface area (Å²) in [5.41, 5.74) is 1.02. The first-order valence-electron chi connectivity index (χ1n) is 8.86. The number of piperidine rings is 1. The number of ether oxygens (including phenoxy) is 2. The van der Waals surface area contributed by atoms with Crippen molar-refractivity contribution >= 4 is 18.3 Å². The number of hydrogen-bond acceptors (Lipinski definition) is 4. The molecule has 0 saturated carbocycles. The lowest BCUT2D eigenvalue weighted by Gasteiger charge is -2.29. The van der Waals surface area contributed by atoms with Gasteiger partial charge in [-0.3, -0.25) is 4.79 Å². The van der Waals surface area contributed by atoms with Crippen LogP contribution in [-0.2, 0) is 4.79 Å². The van der Waals surface area contributed by atoms with Crippen LogP contribution < -0.4 is 20.1 Å². The van der Waals surface area contributed by atoms with E-state index in [9.17, 15) is 4.79 Å². The predicted octanol–water partition coefficient (Wildman–Crippen LogP) is 3.22. The maximum absolute atomic E-state index is 12.4. The summed E-state index contributed by atoms with van der Waals surface area (Å²) >= 11 is 0. The van der Waals surface area contributed by atoms with Crippen LogP contribution in [0.4, 0.5) is 0 Å². The lowest BCUT2D eigenvalue weighted by atomic mass is 9.89. The van der Waals surface area contributed by atoms with Crippen molar-refractivity contribution in [1.29, 1.82) is 0 Å². The standard InChI is InChI=1S/C19H28N2O3.ClH/c1-12(14-4-7-17(23-2)18(11-14)24-3)20-19(22)10-13-8-15-5-6-16(9-13)21-15;/h4,7,11-13,15-16,21H,5-6,8-10H2,1-3H3,(H,20,22);1H. The molecule has 2 saturated heterocycles. The molecule has 0 spiro atoms. The van der Waals surface area contributed by atoms with Gasteiger partial charge in [0.2, 0.25) is 5.91 Å². The molecule has 2 fully saturated rings. The van der Waals surface area contributed by atoms with Gasteiger partial charge >= 0.3 is 0 Å². The Balaban J connectivity index is 0.00000225. The molecule has 0 radical (unpaired) electrons. The molecule has 1 amide bonds. The molecule has 2 heterocycles. The van der Waals surface area contributed by atoms with Crippen molar-refractivity contribution < 1.29 is 14.3 Å². The van der Waals surface area contributed by atoms with Crippen LogP contribution in [0.2, 0.25) is 0 Å². The van der Waals surface area contributed by atoms with Crippen molar-refractivity contribution in [3.63, 3.8) is 0 Å². The molecular weight excluding hydrogens is 340 g/mol. The molecule has 5 nitrogen and oxygen atoms in total. The molecule has 2 aliphatic heterocycles. The number of carbonyl (C=O) groups is 1. The van der Waals surface area contributed by atoms with Gasteiger partial charge in [-0.2, -0.15) is 0 Å². The summed E-state index contributed by atoms with van der Waals surface area (Å²) in [7, 11) is 3.24. The molecule has 2 N–H and O–H groups in total. The quantitative estimate of drug-likeness (QED) is 0.809. The molecule has 2 bridgehead atoms. The van der Waals surface area contributed by atoms with Crippen molar-refractivity contribution in [2.75, 3.05) is 14.2 Å². The second-order valence-electron chi connectivity index (χ2n) is 7.08. The zero-order chi connectivity index (χ0) is 17.1. The molecule has 2 aliphatic rings. The fraction of sp³-hybridized carbons (Fsp3) is 0.632. The summed E-state index contributed by atoms with van der Waals surface area (Å²) in [4.78, 5) is 12.4. The maximum Gasteiger partial charge on any atom is 0.220 e. The molecule has 140 valence electrons. The molecule has 3 rings (SSSR count). The Hall–Kier alpha value is -1.46. The van der Waals surface area contributed by atoms with E-state index >= 15 is 0 Å². The van der Waals surface area contributed by atoms with Crippen LogP contribution in [0.25, 0.3) is 0 Å². The molecule has 1 aromatic carbocycles. The highest BCUT2D eigenvalue weighted by Gasteiger charge is 2.34. The average molecular weight is 369 g/mol. The minimum absolute atomic E-state index is 0. The average Bonchev–Trinajstić information content (AvgIpc) is 2.92. The highest BCUT2D eigenvalue weighted by Crippen LogP contribution is 2.33. The number of benzene rings is 1. The molecule has 25 heavy (non-hydrogen) atoms. The summed E-state index contributed by atoms with van der Waals surface area (Å²) in [5.74, 6) is 2.04. The second kappa shape index (κ2) is 8.77. The monoisotopic (exact) mass is 368 g/mol. The highest BCUT2D eigenvalue weighted by atomic mass is 35.5. The summed E-state index contributed by atoms with van der Waals surface area (Å²) in [6.07, 6.45) is 5.44. The lowest BCUT2D eigenvalue weighted by molar-refractivity contribution is -0.122. The van der Waals surface area contributed by atoms with Crippen molar-refractivity contribution in [3.05, 3.63) is 23.8 Å². The Bertz CT molecular complexity index is 584. The van der Waals surface area contributed by atoms with Crippen LogP contribution in [-0.4, -0.2) is 32.2 Å². The Morgan fingerprint density at radius 2 is 1.84 bits per heavy atom. The summed E-state index contributed by atoms with van der Waals surface area (Å²) < 4.78 is 10.6. The van der Waals surface area contributed by atoms with E-state index in [1.54, 1.807) is 14.2 Å². The van der Waals surface area contributed by atoms with Gasteiger partial charge in [-0.1, -0.05) is 6.07 Å². The van der Waals surface area contributed by atoms with Crippen LogP contribution >= 0.6 is 12.4 Å². The number of hydrogen-bond donors (Lipinski definition) is 2. The van der Waals surface area contributed by atoms with Gasteiger partial charge in [0.15, 0.2) is 11.5 Å². The number of halogens is 1. The topological polar surface area (TPSA) is 59.6 Å². The first kappa shape index (κ1) is 19.9. The smallest absolute Gasteiger partial charge is 0.220 e. The van der Waals surface area contributed by atoms with E-state index < -0.39 is 0 Å². The number of amides is 1. The van der Waals surface area contributed by atoms with Crippen molar-refractivity contribution in [3.8, 4) is 11.5 Å². The van der Waals surface area contributed by atoms with E-state index in [1.807, 2.05) is 25.1 Å². The summed E-state index contributed by atoms with van der Waals surface area (Å²) in [6.45, 7) is 2.01. The summed E-state index contributed by atoms with van der Waals surface area (Å²) in [5, 5.41) is 6.75. The van der Waals surface area contributed by atoms with Gasteiger partial charge in [0.05, 0.1) is 20.3 Å². The van der Waals surface area contributed by atoms with Gasteiger partial charge in [-0.05, 0) is 56.2 Å². The highest BCUT2D eigenvalue weighted by molar-refractivity contribution is 5.85. The minimum Gasteiger partial charge on any atom is -0.493 e. The van der Waals surface area contributed by atoms with Gasteiger partial charge in [-0.15, -0.1) is 12.4 Å². The zero-order valence-electron chi connectivity index (χ0n) is 15.2. The number of methoxy groups -OCH3 is 2. The van der Waals surface area contributed by atoms with E-state index in [-0.39, 0.29) is 24.4 Å². The Labute approximate surface area is 156 Å². The van der Waals surface area contributed by atoms with Gasteiger partial charge in [0.1, 0.15) is 0 Å². The molecular formula is C19H29ClN2O3. The van der Waals surface area contributed by atoms with Gasteiger partial charge in [0.25, 0.3) is 0 Å². The lowest BCUT2D eigenvalue weighted by Crippen LogP contribution is -2.40.